The maximum absolute atomic E-state index is 13.0. The van der Waals surface area contributed by atoms with Gasteiger partial charge in [-0.2, -0.15) is 0 Å². The van der Waals surface area contributed by atoms with E-state index >= 15 is 0 Å². The molecule has 0 fully saturated rings. The fraction of sp³-hybridized carbons (Fsp3) is 0.300. The van der Waals surface area contributed by atoms with E-state index in [-0.39, 0.29) is 17.5 Å². The molecule has 0 unspecified atom stereocenters. The lowest BCUT2D eigenvalue weighted by molar-refractivity contribution is -0.402. The zero-order valence-corrected chi connectivity index (χ0v) is 18.0. The van der Waals surface area contributed by atoms with Crippen LogP contribution in [0.4, 0.5) is 5.88 Å². The molecular weight excluding hydrogens is 430 g/mol. The molecule has 3 rings (SSSR count). The summed E-state index contributed by atoms with van der Waals surface area (Å²) < 4.78 is 12.3. The third-order valence-corrected chi connectivity index (χ3v) is 5.09. The van der Waals surface area contributed by atoms with Crippen LogP contribution >= 0.6 is 23.4 Å². The van der Waals surface area contributed by atoms with Crippen LogP contribution in [0.5, 0.6) is 0 Å². The van der Waals surface area contributed by atoms with Crippen molar-refractivity contribution in [2.45, 2.75) is 38.1 Å². The van der Waals surface area contributed by atoms with Crippen molar-refractivity contribution in [2.75, 3.05) is 6.61 Å². The first kappa shape index (κ1) is 22.1. The standard InChI is InChI=1S/C20H20ClN3O5S/c1-13(2)28-10-3-9-23-19(25)16-6-4-14(21)12-17(16)22-20(23)30-11-8-15-5-7-18(29-15)24(26)27/h4-8,11-13H,3,9-10H2,1-2H3/b11-8+. The summed E-state index contributed by atoms with van der Waals surface area (Å²) in [5.74, 6) is -0.00236. The number of aromatic nitrogens is 2. The second-order valence-corrected chi connectivity index (χ2v) is 7.95. The number of fused-ring (bicyclic) bond motifs is 1. The number of rotatable bonds is 9. The zero-order valence-electron chi connectivity index (χ0n) is 16.4. The van der Waals surface area contributed by atoms with Crippen LogP contribution in [-0.4, -0.2) is 27.2 Å². The van der Waals surface area contributed by atoms with Crippen molar-refractivity contribution in [1.29, 1.82) is 0 Å². The monoisotopic (exact) mass is 449 g/mol. The van der Waals surface area contributed by atoms with E-state index in [4.69, 9.17) is 20.8 Å². The summed E-state index contributed by atoms with van der Waals surface area (Å²) in [4.78, 5) is 27.7. The molecule has 10 heteroatoms. The first-order valence-corrected chi connectivity index (χ1v) is 10.5. The van der Waals surface area contributed by atoms with Gasteiger partial charge in [-0.3, -0.25) is 19.5 Å². The highest BCUT2D eigenvalue weighted by atomic mass is 35.5. The van der Waals surface area contributed by atoms with Crippen LogP contribution in [0.1, 0.15) is 26.0 Å². The highest BCUT2D eigenvalue weighted by Gasteiger charge is 2.13. The maximum Gasteiger partial charge on any atom is 0.433 e. The molecule has 0 aliphatic heterocycles. The molecule has 0 bridgehead atoms. The number of halogens is 1. The van der Waals surface area contributed by atoms with E-state index in [9.17, 15) is 14.9 Å². The average Bonchev–Trinajstić information content (AvgIpc) is 3.16. The lowest BCUT2D eigenvalue weighted by Crippen LogP contribution is -2.24. The van der Waals surface area contributed by atoms with E-state index in [0.29, 0.717) is 46.4 Å². The smallest absolute Gasteiger partial charge is 0.401 e. The summed E-state index contributed by atoms with van der Waals surface area (Å²) in [6.07, 6.45) is 2.35. The molecule has 0 amide bonds. The van der Waals surface area contributed by atoms with Gasteiger partial charge in [0.05, 0.1) is 23.1 Å². The minimum Gasteiger partial charge on any atom is -0.401 e. The lowest BCUT2D eigenvalue weighted by Gasteiger charge is -2.13. The van der Waals surface area contributed by atoms with Gasteiger partial charge in [0.15, 0.2) is 5.16 Å². The number of nitro groups is 1. The highest BCUT2D eigenvalue weighted by Crippen LogP contribution is 2.23. The molecule has 2 aromatic heterocycles. The van der Waals surface area contributed by atoms with Gasteiger partial charge >= 0.3 is 5.88 Å². The van der Waals surface area contributed by atoms with E-state index in [1.54, 1.807) is 34.3 Å². The van der Waals surface area contributed by atoms with Gasteiger partial charge in [-0.05, 0) is 56.0 Å². The Bertz CT molecular complexity index is 1140. The second kappa shape index (κ2) is 9.92. The lowest BCUT2D eigenvalue weighted by atomic mass is 10.2. The SMILES string of the molecule is CC(C)OCCCn1c(S/C=C/c2ccc([N+](=O)[O-])o2)nc2cc(Cl)ccc2c1=O. The molecule has 0 atom stereocenters. The molecule has 0 saturated carbocycles. The molecule has 158 valence electrons. The molecule has 8 nitrogen and oxygen atoms in total. The minimum atomic E-state index is -0.601. The van der Waals surface area contributed by atoms with E-state index in [1.807, 2.05) is 13.8 Å². The van der Waals surface area contributed by atoms with Crippen molar-refractivity contribution < 1.29 is 14.1 Å². The van der Waals surface area contributed by atoms with Crippen molar-refractivity contribution in [1.82, 2.24) is 9.55 Å². The van der Waals surface area contributed by atoms with Crippen LogP contribution in [0.2, 0.25) is 5.02 Å². The van der Waals surface area contributed by atoms with Gasteiger partial charge in [0, 0.05) is 18.2 Å². The maximum atomic E-state index is 13.0. The zero-order chi connectivity index (χ0) is 21.7. The Morgan fingerprint density at radius 3 is 2.87 bits per heavy atom. The van der Waals surface area contributed by atoms with Crippen LogP contribution in [0.3, 0.4) is 0 Å². The molecule has 30 heavy (non-hydrogen) atoms. The van der Waals surface area contributed by atoms with Gasteiger partial charge in [0.1, 0.15) is 10.7 Å². The predicted octanol–water partition coefficient (Wildman–Crippen LogP) is 5.13. The molecule has 2 heterocycles. The highest BCUT2D eigenvalue weighted by molar-refractivity contribution is 8.02. The van der Waals surface area contributed by atoms with Crippen LogP contribution in [0, 0.1) is 10.1 Å². The third kappa shape index (κ3) is 5.50. The van der Waals surface area contributed by atoms with Gasteiger partial charge < -0.3 is 9.15 Å². The Kier molecular flexibility index (Phi) is 7.30. The number of furan rings is 1. The van der Waals surface area contributed by atoms with Gasteiger partial charge in [-0.15, -0.1) is 0 Å². The number of thioether (sulfide) groups is 1. The number of benzene rings is 1. The Morgan fingerprint density at radius 2 is 2.17 bits per heavy atom. The Balaban J connectivity index is 1.87. The van der Waals surface area contributed by atoms with Crippen LogP contribution in [0.15, 0.2) is 50.1 Å². The number of hydrogen-bond donors (Lipinski definition) is 0. The largest absolute Gasteiger partial charge is 0.433 e. The van der Waals surface area contributed by atoms with Gasteiger partial charge in [-0.25, -0.2) is 4.98 Å². The molecule has 1 aromatic carbocycles. The van der Waals surface area contributed by atoms with Gasteiger partial charge in [-0.1, -0.05) is 23.4 Å². The quantitative estimate of drug-likeness (QED) is 0.147. The van der Waals surface area contributed by atoms with E-state index in [1.165, 1.54) is 23.9 Å². The van der Waals surface area contributed by atoms with E-state index in [2.05, 4.69) is 4.98 Å². The Hall–Kier alpha value is -2.62. The topological polar surface area (TPSA) is 100 Å². The fourth-order valence-electron chi connectivity index (χ4n) is 2.69. The van der Waals surface area contributed by atoms with Gasteiger partial charge in [0.2, 0.25) is 0 Å². The number of hydrogen-bond acceptors (Lipinski definition) is 7. The summed E-state index contributed by atoms with van der Waals surface area (Å²) in [5, 5.41) is 13.9. The first-order valence-electron chi connectivity index (χ1n) is 9.24. The summed E-state index contributed by atoms with van der Waals surface area (Å²) >= 11 is 7.27. The van der Waals surface area contributed by atoms with Crippen LogP contribution in [-0.2, 0) is 11.3 Å². The molecule has 0 saturated heterocycles. The molecule has 0 N–H and O–H groups in total. The second-order valence-electron chi connectivity index (χ2n) is 6.64. The molecule has 3 aromatic rings. The van der Waals surface area contributed by atoms with Crippen molar-refractivity contribution in [3.05, 3.63) is 67.0 Å². The van der Waals surface area contributed by atoms with E-state index in [0.717, 1.165) is 0 Å². The minimum absolute atomic E-state index is 0.118. The van der Waals surface area contributed by atoms with Crippen LogP contribution in [0.25, 0.3) is 17.0 Å². The normalized spacial score (nSPS) is 11.7. The molecule has 0 radical (unpaired) electrons. The Morgan fingerprint density at radius 1 is 1.37 bits per heavy atom. The summed E-state index contributed by atoms with van der Waals surface area (Å²) in [5.41, 5.74) is 0.345. The van der Waals surface area contributed by atoms with E-state index < -0.39 is 4.92 Å². The van der Waals surface area contributed by atoms with Crippen molar-refractivity contribution in [3.8, 4) is 0 Å². The number of nitrogens with zero attached hydrogens (tertiary/aromatic N) is 3. The average molecular weight is 450 g/mol. The summed E-state index contributed by atoms with van der Waals surface area (Å²) in [6.45, 7) is 4.88. The number of ether oxygens (including phenoxy) is 1. The summed E-state index contributed by atoms with van der Waals surface area (Å²) in [7, 11) is 0. The molecular formula is C20H20ClN3O5S. The van der Waals surface area contributed by atoms with Crippen LogP contribution < -0.4 is 5.56 Å². The molecule has 0 aliphatic rings. The molecule has 0 aliphatic carbocycles. The third-order valence-electron chi connectivity index (χ3n) is 4.06. The first-order chi connectivity index (χ1) is 14.3. The van der Waals surface area contributed by atoms with Gasteiger partial charge in [0.25, 0.3) is 5.56 Å². The summed E-state index contributed by atoms with van der Waals surface area (Å²) in [6, 6.07) is 7.76. The van der Waals surface area contributed by atoms with Crippen molar-refractivity contribution >= 4 is 46.2 Å². The van der Waals surface area contributed by atoms with Crippen molar-refractivity contribution in [3.63, 3.8) is 0 Å². The molecule has 0 spiro atoms. The van der Waals surface area contributed by atoms with Crippen molar-refractivity contribution in [2.24, 2.45) is 0 Å². The predicted molar refractivity (Wildman–Crippen MR) is 117 cm³/mol. The Labute approximate surface area is 181 Å². The fourth-order valence-corrected chi connectivity index (χ4v) is 3.64.